The van der Waals surface area contributed by atoms with Crippen LogP contribution < -0.4 is 0 Å². The summed E-state index contributed by atoms with van der Waals surface area (Å²) >= 11 is 0. The summed E-state index contributed by atoms with van der Waals surface area (Å²) in [5.74, 6) is 0.740. The lowest BCUT2D eigenvalue weighted by Gasteiger charge is -2.50. The molecule has 58 valence electrons. The summed E-state index contributed by atoms with van der Waals surface area (Å²) in [5, 5.41) is 10.6. The van der Waals surface area contributed by atoms with E-state index in [0.717, 1.165) is 31.5 Å². The first-order valence-corrected chi connectivity index (χ1v) is 3.91. The molecular weight excluding hydrogens is 128 g/mol. The minimum Gasteiger partial charge on any atom is -0.314 e. The van der Waals surface area contributed by atoms with Crippen molar-refractivity contribution in [2.45, 2.75) is 12.5 Å². The lowest BCUT2D eigenvalue weighted by Crippen LogP contribution is -2.61. The second-order valence-corrected chi connectivity index (χ2v) is 3.47. The Kier molecular flexibility index (Phi) is 1.44. The predicted octanol–water partition coefficient (Wildman–Crippen LogP) is 0.0115. The van der Waals surface area contributed by atoms with Gasteiger partial charge in [0, 0.05) is 31.6 Å². The molecule has 0 bridgehead atoms. The van der Waals surface area contributed by atoms with Gasteiger partial charge < -0.3 is 10.1 Å². The molecule has 0 saturated carbocycles. The standard InChI is InChI=1S/C7H14N2O/c1-8-4-6-5-9(10)3-2-7(6)8/h6-7,10H,2-5H2,1H3. The largest absolute Gasteiger partial charge is 0.314 e. The third-order valence-corrected chi connectivity index (χ3v) is 2.76. The predicted molar refractivity (Wildman–Crippen MR) is 37.9 cm³/mol. The monoisotopic (exact) mass is 142 g/mol. The van der Waals surface area contributed by atoms with E-state index in [1.165, 1.54) is 11.6 Å². The van der Waals surface area contributed by atoms with E-state index in [0.29, 0.717) is 0 Å². The number of hydroxylamine groups is 2. The molecule has 2 heterocycles. The number of hydrogen-bond donors (Lipinski definition) is 1. The van der Waals surface area contributed by atoms with Gasteiger partial charge >= 0.3 is 0 Å². The number of piperidine rings is 1. The number of rotatable bonds is 0. The highest BCUT2D eigenvalue weighted by Crippen LogP contribution is 2.29. The Labute approximate surface area is 61.2 Å². The molecule has 0 aromatic heterocycles. The molecule has 2 saturated heterocycles. The molecule has 0 amide bonds. The van der Waals surface area contributed by atoms with Crippen LogP contribution in [0.1, 0.15) is 6.42 Å². The summed E-state index contributed by atoms with van der Waals surface area (Å²) in [4.78, 5) is 2.37. The fourth-order valence-corrected chi connectivity index (χ4v) is 2.13. The highest BCUT2D eigenvalue weighted by molar-refractivity contribution is 4.93. The van der Waals surface area contributed by atoms with E-state index < -0.39 is 0 Å². The molecule has 2 aliphatic rings. The van der Waals surface area contributed by atoms with Gasteiger partial charge in [-0.15, -0.1) is 0 Å². The van der Waals surface area contributed by atoms with E-state index in [1.54, 1.807) is 0 Å². The Balaban J connectivity index is 1.93. The maximum Gasteiger partial charge on any atom is 0.0293 e. The van der Waals surface area contributed by atoms with Crippen LogP contribution in [0.25, 0.3) is 0 Å². The lowest BCUT2D eigenvalue weighted by molar-refractivity contribution is -0.159. The molecular formula is C7H14N2O. The van der Waals surface area contributed by atoms with Crippen molar-refractivity contribution in [2.24, 2.45) is 5.92 Å². The van der Waals surface area contributed by atoms with Crippen molar-refractivity contribution in [3.63, 3.8) is 0 Å². The number of nitrogens with zero attached hydrogens (tertiary/aromatic N) is 2. The first kappa shape index (κ1) is 6.58. The molecule has 3 nitrogen and oxygen atoms in total. The molecule has 0 aliphatic carbocycles. The Morgan fingerprint density at radius 3 is 2.80 bits per heavy atom. The minimum atomic E-state index is 0.740. The van der Waals surface area contributed by atoms with Gasteiger partial charge in [0.05, 0.1) is 0 Å². The van der Waals surface area contributed by atoms with Gasteiger partial charge in [-0.1, -0.05) is 0 Å². The zero-order chi connectivity index (χ0) is 7.14. The van der Waals surface area contributed by atoms with E-state index in [4.69, 9.17) is 5.21 Å². The highest BCUT2D eigenvalue weighted by Gasteiger charge is 2.39. The van der Waals surface area contributed by atoms with Crippen molar-refractivity contribution >= 4 is 0 Å². The molecule has 2 fully saturated rings. The van der Waals surface area contributed by atoms with Crippen LogP contribution in [0.2, 0.25) is 0 Å². The molecule has 2 rings (SSSR count). The van der Waals surface area contributed by atoms with Crippen LogP contribution in [-0.4, -0.2) is 47.9 Å². The SMILES string of the molecule is CN1CC2CN(O)CCC21. The van der Waals surface area contributed by atoms with Crippen LogP contribution in [0.4, 0.5) is 0 Å². The second-order valence-electron chi connectivity index (χ2n) is 3.47. The number of fused-ring (bicyclic) bond motifs is 1. The van der Waals surface area contributed by atoms with Crippen LogP contribution in [-0.2, 0) is 0 Å². The van der Waals surface area contributed by atoms with Crippen LogP contribution in [0.5, 0.6) is 0 Å². The third-order valence-electron chi connectivity index (χ3n) is 2.76. The molecule has 0 spiro atoms. The van der Waals surface area contributed by atoms with Gasteiger partial charge in [-0.2, -0.15) is 5.06 Å². The van der Waals surface area contributed by atoms with Crippen molar-refractivity contribution in [3.8, 4) is 0 Å². The van der Waals surface area contributed by atoms with Crippen molar-refractivity contribution in [2.75, 3.05) is 26.7 Å². The number of hydrogen-bond acceptors (Lipinski definition) is 3. The van der Waals surface area contributed by atoms with Crippen LogP contribution in [0, 0.1) is 5.92 Å². The van der Waals surface area contributed by atoms with Crippen molar-refractivity contribution in [3.05, 3.63) is 0 Å². The third kappa shape index (κ3) is 0.856. The van der Waals surface area contributed by atoms with E-state index in [2.05, 4.69) is 11.9 Å². The summed E-state index contributed by atoms with van der Waals surface area (Å²) in [6.07, 6.45) is 1.14. The van der Waals surface area contributed by atoms with Gasteiger partial charge in [0.15, 0.2) is 0 Å². The topological polar surface area (TPSA) is 26.7 Å². The number of likely N-dealkylation sites (tertiary alicyclic amines) is 1. The summed E-state index contributed by atoms with van der Waals surface area (Å²) in [6.45, 7) is 2.90. The molecule has 3 heteroatoms. The molecule has 0 aromatic carbocycles. The Morgan fingerprint density at radius 2 is 2.20 bits per heavy atom. The maximum absolute atomic E-state index is 9.13. The van der Waals surface area contributed by atoms with Gasteiger partial charge in [0.1, 0.15) is 0 Å². The van der Waals surface area contributed by atoms with Gasteiger partial charge in [0.25, 0.3) is 0 Å². The van der Waals surface area contributed by atoms with E-state index in [9.17, 15) is 0 Å². The minimum absolute atomic E-state index is 0.740. The van der Waals surface area contributed by atoms with E-state index in [1.807, 2.05) is 0 Å². The van der Waals surface area contributed by atoms with Crippen molar-refractivity contribution < 1.29 is 5.21 Å². The fourth-order valence-electron chi connectivity index (χ4n) is 2.13. The summed E-state index contributed by atoms with van der Waals surface area (Å²) < 4.78 is 0. The zero-order valence-electron chi connectivity index (χ0n) is 6.32. The van der Waals surface area contributed by atoms with Crippen molar-refractivity contribution in [1.82, 2.24) is 9.96 Å². The van der Waals surface area contributed by atoms with Crippen molar-refractivity contribution in [1.29, 1.82) is 0 Å². The maximum atomic E-state index is 9.13. The average Bonchev–Trinajstić information content (AvgIpc) is 1.86. The van der Waals surface area contributed by atoms with Gasteiger partial charge in [-0.05, 0) is 13.5 Å². The Bertz CT molecular complexity index is 138. The quantitative estimate of drug-likeness (QED) is 0.516. The fraction of sp³-hybridized carbons (Fsp3) is 1.00. The molecule has 1 N–H and O–H groups in total. The molecule has 2 aliphatic heterocycles. The van der Waals surface area contributed by atoms with Crippen LogP contribution in [0.3, 0.4) is 0 Å². The lowest BCUT2D eigenvalue weighted by atomic mass is 9.84. The smallest absolute Gasteiger partial charge is 0.0293 e. The van der Waals surface area contributed by atoms with Gasteiger partial charge in [-0.3, -0.25) is 0 Å². The molecule has 2 atom stereocenters. The summed E-state index contributed by atoms with van der Waals surface area (Å²) in [5.41, 5.74) is 0. The molecule has 0 aromatic rings. The first-order valence-electron chi connectivity index (χ1n) is 3.91. The second kappa shape index (κ2) is 2.19. The van der Waals surface area contributed by atoms with Gasteiger partial charge in [0.2, 0.25) is 0 Å². The first-order chi connectivity index (χ1) is 4.77. The van der Waals surface area contributed by atoms with E-state index >= 15 is 0 Å². The summed E-state index contributed by atoms with van der Waals surface area (Å²) in [7, 11) is 2.16. The Hall–Kier alpha value is -0.120. The average molecular weight is 142 g/mol. The molecule has 2 unspecified atom stereocenters. The Morgan fingerprint density at radius 1 is 1.40 bits per heavy atom. The normalized spacial score (nSPS) is 42.6. The molecule has 10 heavy (non-hydrogen) atoms. The van der Waals surface area contributed by atoms with E-state index in [-0.39, 0.29) is 0 Å². The van der Waals surface area contributed by atoms with Crippen LogP contribution >= 0.6 is 0 Å². The molecule has 0 radical (unpaired) electrons. The zero-order valence-corrected chi connectivity index (χ0v) is 6.32. The summed E-state index contributed by atoms with van der Waals surface area (Å²) in [6, 6.07) is 0.767. The highest BCUT2D eigenvalue weighted by atomic mass is 16.5. The van der Waals surface area contributed by atoms with Crippen LogP contribution in [0.15, 0.2) is 0 Å². The van der Waals surface area contributed by atoms with Gasteiger partial charge in [-0.25, -0.2) is 0 Å².